The van der Waals surface area contributed by atoms with E-state index in [4.69, 9.17) is 0 Å². The van der Waals surface area contributed by atoms with Crippen LogP contribution in [-0.4, -0.2) is 23.2 Å². The number of nitrogens with one attached hydrogen (secondary N) is 2. The number of allylic oxidation sites excluding steroid dienone is 1. The topological polar surface area (TPSA) is 88.9 Å². The molecule has 0 spiro atoms. The second-order valence-electron chi connectivity index (χ2n) is 7.19. The largest absolute Gasteiger partial charge is 0.324 e. The summed E-state index contributed by atoms with van der Waals surface area (Å²) < 4.78 is 42.9. The highest BCUT2D eigenvalue weighted by Gasteiger charge is 2.27. The van der Waals surface area contributed by atoms with Gasteiger partial charge in [-0.05, 0) is 41.5 Å². The van der Waals surface area contributed by atoms with Crippen molar-refractivity contribution in [2.45, 2.75) is 10.9 Å². The van der Waals surface area contributed by atoms with Gasteiger partial charge in [-0.15, -0.1) is 5.10 Å². The molecule has 0 aliphatic carbocycles. The number of hydrogen-bond donors (Lipinski definition) is 2. The van der Waals surface area contributed by atoms with Gasteiger partial charge in [-0.25, -0.2) is 22.2 Å². The average molecular weight is 447 g/mol. The van der Waals surface area contributed by atoms with E-state index in [1.54, 1.807) is 35.0 Å². The molecular weight excluding hydrogens is 429 g/mol. The van der Waals surface area contributed by atoms with Gasteiger partial charge in [0.25, 0.3) is 16.0 Å². The van der Waals surface area contributed by atoms with Crippen LogP contribution < -0.4 is 10.0 Å². The Kier molecular flexibility index (Phi) is 4.95. The maximum atomic E-state index is 13.5. The zero-order chi connectivity index (χ0) is 22.1. The minimum absolute atomic E-state index is 0.0637. The molecule has 4 aromatic rings. The minimum atomic E-state index is -3.85. The van der Waals surface area contributed by atoms with Gasteiger partial charge in [0, 0.05) is 5.70 Å². The number of fused-ring (bicyclic) bond motifs is 1. The first kappa shape index (κ1) is 20.0. The first-order valence-electron chi connectivity index (χ1n) is 9.84. The molecule has 7 nitrogen and oxygen atoms in total. The Morgan fingerprint density at radius 2 is 1.56 bits per heavy atom. The number of anilines is 2. The van der Waals surface area contributed by atoms with Gasteiger partial charge in [0.15, 0.2) is 0 Å². The van der Waals surface area contributed by atoms with E-state index in [2.05, 4.69) is 20.1 Å². The lowest BCUT2D eigenvalue weighted by atomic mass is 10.0. The maximum Gasteiger partial charge on any atom is 0.264 e. The summed E-state index contributed by atoms with van der Waals surface area (Å²) in [5.41, 5.74) is 2.50. The summed E-state index contributed by atoms with van der Waals surface area (Å²) in [6.45, 7) is 0. The van der Waals surface area contributed by atoms with Crippen LogP contribution in [-0.2, 0) is 10.0 Å². The van der Waals surface area contributed by atoms with E-state index >= 15 is 0 Å². The van der Waals surface area contributed by atoms with E-state index in [0.717, 1.165) is 16.8 Å². The molecule has 2 heterocycles. The summed E-state index contributed by atoms with van der Waals surface area (Å²) >= 11 is 0. The predicted octanol–water partition coefficient (Wildman–Crippen LogP) is 4.27. The molecule has 0 saturated carbocycles. The van der Waals surface area contributed by atoms with Crippen LogP contribution in [0.3, 0.4) is 0 Å². The third-order valence-corrected chi connectivity index (χ3v) is 6.39. The van der Waals surface area contributed by atoms with Crippen LogP contribution in [0.1, 0.15) is 17.2 Å². The van der Waals surface area contributed by atoms with Crippen LogP contribution in [0.15, 0.2) is 95.9 Å². The molecule has 1 aromatic heterocycles. The van der Waals surface area contributed by atoms with Crippen molar-refractivity contribution < 1.29 is 12.8 Å². The normalized spacial score (nSPS) is 15.4. The average Bonchev–Trinajstić information content (AvgIpc) is 3.22. The van der Waals surface area contributed by atoms with Gasteiger partial charge in [-0.1, -0.05) is 60.7 Å². The van der Waals surface area contributed by atoms with E-state index in [1.165, 1.54) is 24.3 Å². The Morgan fingerprint density at radius 3 is 2.25 bits per heavy atom. The molecule has 0 unspecified atom stereocenters. The lowest BCUT2D eigenvalue weighted by Crippen LogP contribution is -2.20. The molecule has 1 aliphatic heterocycles. The van der Waals surface area contributed by atoms with Gasteiger partial charge in [0.2, 0.25) is 5.95 Å². The summed E-state index contributed by atoms with van der Waals surface area (Å²) in [4.78, 5) is 4.48. The number of nitrogens with zero attached hydrogens (tertiary/aromatic N) is 3. The van der Waals surface area contributed by atoms with Crippen molar-refractivity contribution in [2.24, 2.45) is 0 Å². The van der Waals surface area contributed by atoms with Crippen LogP contribution >= 0.6 is 0 Å². The van der Waals surface area contributed by atoms with E-state index in [0.29, 0.717) is 5.95 Å². The minimum Gasteiger partial charge on any atom is -0.324 e. The molecule has 160 valence electrons. The smallest absolute Gasteiger partial charge is 0.264 e. The number of sulfonamides is 1. The molecule has 32 heavy (non-hydrogen) atoms. The molecule has 5 rings (SSSR count). The second kappa shape index (κ2) is 7.93. The third-order valence-electron chi connectivity index (χ3n) is 5.04. The van der Waals surface area contributed by atoms with Gasteiger partial charge in [-0.3, -0.25) is 0 Å². The number of benzene rings is 3. The standard InChI is InChI=1S/C23H18FN5O2S/c24-18-13-11-17(12-14-18)21-15-20(16-7-3-1-4-8-16)25-23-26-22(27-29(21)23)28-32(30,31)19-9-5-2-6-10-19/h1-15,21H,(H2,25,26,27,28)/t21-/m0/s1. The molecule has 1 atom stereocenters. The summed E-state index contributed by atoms with van der Waals surface area (Å²) in [7, 11) is -3.85. The summed E-state index contributed by atoms with van der Waals surface area (Å²) in [5, 5.41) is 7.60. The summed E-state index contributed by atoms with van der Waals surface area (Å²) in [5.74, 6) is -0.0392. The summed E-state index contributed by atoms with van der Waals surface area (Å²) in [6, 6.07) is 23.3. The Morgan fingerprint density at radius 1 is 0.906 bits per heavy atom. The van der Waals surface area contributed by atoms with Crippen LogP contribution in [0.2, 0.25) is 0 Å². The molecule has 0 saturated heterocycles. The second-order valence-corrected chi connectivity index (χ2v) is 8.87. The fraction of sp³-hybridized carbons (Fsp3) is 0.0435. The van der Waals surface area contributed by atoms with Gasteiger partial charge in [0.1, 0.15) is 11.9 Å². The highest BCUT2D eigenvalue weighted by atomic mass is 32.2. The summed E-state index contributed by atoms with van der Waals surface area (Å²) in [6.07, 6.45) is 1.94. The molecule has 0 fully saturated rings. The van der Waals surface area contributed by atoms with Gasteiger partial charge >= 0.3 is 0 Å². The SMILES string of the molecule is O=S(=O)(Nc1nc2n(n1)[C@H](c1ccc(F)cc1)C=C(c1ccccc1)N2)c1ccccc1. The highest BCUT2D eigenvalue weighted by Crippen LogP contribution is 2.33. The molecule has 2 N–H and O–H groups in total. The number of halogens is 1. The van der Waals surface area contributed by atoms with Crippen LogP contribution in [0.5, 0.6) is 0 Å². The Balaban J connectivity index is 1.55. The zero-order valence-corrected chi connectivity index (χ0v) is 17.5. The molecule has 9 heteroatoms. The maximum absolute atomic E-state index is 13.5. The molecule has 0 amide bonds. The van der Waals surface area contributed by atoms with Crippen molar-refractivity contribution in [3.63, 3.8) is 0 Å². The lowest BCUT2D eigenvalue weighted by Gasteiger charge is -2.24. The van der Waals surface area contributed by atoms with Gasteiger partial charge < -0.3 is 5.32 Å². The van der Waals surface area contributed by atoms with E-state index in [-0.39, 0.29) is 16.7 Å². The zero-order valence-electron chi connectivity index (χ0n) is 16.7. The fourth-order valence-electron chi connectivity index (χ4n) is 3.50. The fourth-order valence-corrected chi connectivity index (χ4v) is 4.46. The van der Waals surface area contributed by atoms with E-state index in [9.17, 15) is 12.8 Å². The third kappa shape index (κ3) is 3.85. The lowest BCUT2D eigenvalue weighted by molar-refractivity contribution is 0.597. The molecule has 0 radical (unpaired) electrons. The van der Waals surface area contributed by atoms with Crippen molar-refractivity contribution in [1.29, 1.82) is 0 Å². The van der Waals surface area contributed by atoms with Crippen molar-refractivity contribution in [3.8, 4) is 0 Å². The number of rotatable bonds is 5. The van der Waals surface area contributed by atoms with Crippen molar-refractivity contribution in [2.75, 3.05) is 10.0 Å². The molecule has 0 bridgehead atoms. The number of aromatic nitrogens is 3. The molecular formula is C23H18FN5O2S. The Bertz CT molecular complexity index is 1390. The van der Waals surface area contributed by atoms with Crippen LogP contribution in [0.25, 0.3) is 5.70 Å². The first-order chi connectivity index (χ1) is 15.5. The van der Waals surface area contributed by atoms with Crippen molar-refractivity contribution in [1.82, 2.24) is 14.8 Å². The van der Waals surface area contributed by atoms with Crippen LogP contribution in [0.4, 0.5) is 16.3 Å². The van der Waals surface area contributed by atoms with Crippen LogP contribution in [0, 0.1) is 5.82 Å². The quantitative estimate of drug-likeness (QED) is 0.477. The molecule has 1 aliphatic rings. The van der Waals surface area contributed by atoms with Crippen molar-refractivity contribution in [3.05, 3.63) is 108 Å². The van der Waals surface area contributed by atoms with E-state index < -0.39 is 16.1 Å². The highest BCUT2D eigenvalue weighted by molar-refractivity contribution is 7.92. The van der Waals surface area contributed by atoms with E-state index in [1.807, 2.05) is 36.4 Å². The Hall–Kier alpha value is -3.98. The van der Waals surface area contributed by atoms with Crippen molar-refractivity contribution >= 4 is 27.6 Å². The van der Waals surface area contributed by atoms with Gasteiger partial charge in [0.05, 0.1) is 4.90 Å². The number of hydrogen-bond acceptors (Lipinski definition) is 5. The Labute approximate surface area is 184 Å². The first-order valence-corrected chi connectivity index (χ1v) is 11.3. The van der Waals surface area contributed by atoms with Gasteiger partial charge in [-0.2, -0.15) is 4.98 Å². The predicted molar refractivity (Wildman–Crippen MR) is 120 cm³/mol. The monoisotopic (exact) mass is 447 g/mol. The molecule has 3 aromatic carbocycles.